The second-order valence-electron chi connectivity index (χ2n) is 4.26. The number of nitrogens with zero attached hydrogens (tertiary/aromatic N) is 2. The molecule has 1 unspecified atom stereocenters. The number of morpholine rings is 1. The highest BCUT2D eigenvalue weighted by Crippen LogP contribution is 2.32. The minimum absolute atomic E-state index is 0.147. The lowest BCUT2D eigenvalue weighted by Gasteiger charge is -2.33. The Bertz CT molecular complexity index is 453. The summed E-state index contributed by atoms with van der Waals surface area (Å²) in [6.45, 7) is 0.822. The van der Waals surface area contributed by atoms with Gasteiger partial charge in [-0.2, -0.15) is 13.2 Å². The molecule has 2 rings (SSSR count). The van der Waals surface area contributed by atoms with Crippen LogP contribution in [0.15, 0.2) is 12.1 Å². The molecule has 0 aliphatic carbocycles. The molecular formula is C11H14F3N3O2. The van der Waals surface area contributed by atoms with Gasteiger partial charge in [0.25, 0.3) is 0 Å². The molecular weight excluding hydrogens is 263 g/mol. The topological polar surface area (TPSA) is 71.6 Å². The summed E-state index contributed by atoms with van der Waals surface area (Å²) in [5.74, 6) is -0.0362. The Hall–Kier alpha value is -1.54. The maximum absolute atomic E-state index is 12.7. The third-order valence-corrected chi connectivity index (χ3v) is 2.83. The van der Waals surface area contributed by atoms with Crippen molar-refractivity contribution in [2.24, 2.45) is 0 Å². The van der Waals surface area contributed by atoms with E-state index >= 15 is 0 Å². The number of anilines is 2. The molecule has 1 aliphatic heterocycles. The van der Waals surface area contributed by atoms with Gasteiger partial charge in [-0.15, -0.1) is 0 Å². The molecule has 1 fully saturated rings. The zero-order valence-electron chi connectivity index (χ0n) is 10.0. The summed E-state index contributed by atoms with van der Waals surface area (Å²) in [6, 6.07) is 1.75. The van der Waals surface area contributed by atoms with Crippen LogP contribution in [-0.2, 0) is 10.9 Å². The quantitative estimate of drug-likeness (QED) is 0.839. The molecule has 8 heteroatoms. The van der Waals surface area contributed by atoms with Crippen LogP contribution in [0.2, 0.25) is 0 Å². The van der Waals surface area contributed by atoms with Crippen molar-refractivity contribution in [3.63, 3.8) is 0 Å². The summed E-state index contributed by atoms with van der Waals surface area (Å²) < 4.78 is 43.3. The fourth-order valence-corrected chi connectivity index (χ4v) is 1.90. The van der Waals surface area contributed by atoms with E-state index in [1.807, 2.05) is 0 Å². The van der Waals surface area contributed by atoms with Crippen molar-refractivity contribution < 1.29 is 23.0 Å². The first kappa shape index (κ1) is 13.9. The van der Waals surface area contributed by atoms with E-state index in [4.69, 9.17) is 15.6 Å². The van der Waals surface area contributed by atoms with Crippen LogP contribution >= 0.6 is 0 Å². The Kier molecular flexibility index (Phi) is 3.81. The van der Waals surface area contributed by atoms with Gasteiger partial charge in [0, 0.05) is 13.1 Å². The zero-order chi connectivity index (χ0) is 14.0. The van der Waals surface area contributed by atoms with E-state index < -0.39 is 17.8 Å². The minimum atomic E-state index is -4.46. The number of rotatable bonds is 2. The Morgan fingerprint density at radius 1 is 1.47 bits per heavy atom. The van der Waals surface area contributed by atoms with Gasteiger partial charge in [0.15, 0.2) is 0 Å². The molecule has 0 spiro atoms. The number of hydrogen-bond acceptors (Lipinski definition) is 5. The van der Waals surface area contributed by atoms with Gasteiger partial charge in [0.1, 0.15) is 11.6 Å². The van der Waals surface area contributed by atoms with E-state index in [1.165, 1.54) is 0 Å². The average molecular weight is 277 g/mol. The Morgan fingerprint density at radius 3 is 2.84 bits per heavy atom. The SMILES string of the molecule is Nc1cc(C(F)(F)F)cc(N2CCOC(CO)C2)n1. The first-order valence-corrected chi connectivity index (χ1v) is 5.72. The summed E-state index contributed by atoms with van der Waals surface area (Å²) in [7, 11) is 0. The Labute approximate surface area is 107 Å². The smallest absolute Gasteiger partial charge is 0.394 e. The van der Waals surface area contributed by atoms with E-state index in [0.29, 0.717) is 13.2 Å². The zero-order valence-corrected chi connectivity index (χ0v) is 10.0. The van der Waals surface area contributed by atoms with Gasteiger partial charge in [-0.05, 0) is 12.1 Å². The highest BCUT2D eigenvalue weighted by molar-refractivity contribution is 5.49. The molecule has 106 valence electrons. The van der Waals surface area contributed by atoms with Crippen molar-refractivity contribution in [2.75, 3.05) is 36.9 Å². The molecule has 0 amide bonds. The molecule has 1 aromatic rings. The number of nitrogens with two attached hydrogens (primary N) is 1. The summed E-state index contributed by atoms with van der Waals surface area (Å²) in [4.78, 5) is 5.53. The van der Waals surface area contributed by atoms with Crippen LogP contribution in [0.4, 0.5) is 24.8 Å². The third-order valence-electron chi connectivity index (χ3n) is 2.83. The maximum Gasteiger partial charge on any atom is 0.416 e. The van der Waals surface area contributed by atoms with Crippen molar-refractivity contribution in [3.05, 3.63) is 17.7 Å². The van der Waals surface area contributed by atoms with E-state index in [9.17, 15) is 13.2 Å². The van der Waals surface area contributed by atoms with Crippen LogP contribution in [-0.4, -0.2) is 42.5 Å². The van der Waals surface area contributed by atoms with E-state index in [1.54, 1.807) is 4.90 Å². The van der Waals surface area contributed by atoms with Crippen LogP contribution < -0.4 is 10.6 Å². The second kappa shape index (κ2) is 5.22. The predicted molar refractivity (Wildman–Crippen MR) is 62.7 cm³/mol. The average Bonchev–Trinajstić information content (AvgIpc) is 2.37. The number of aliphatic hydroxyl groups excluding tert-OH is 1. The number of alkyl halides is 3. The van der Waals surface area contributed by atoms with E-state index in [0.717, 1.165) is 12.1 Å². The van der Waals surface area contributed by atoms with Crippen LogP contribution in [0.1, 0.15) is 5.56 Å². The lowest BCUT2D eigenvalue weighted by atomic mass is 10.2. The molecule has 0 bridgehead atoms. The lowest BCUT2D eigenvalue weighted by molar-refractivity contribution is -0.137. The van der Waals surface area contributed by atoms with Crippen molar-refractivity contribution in [3.8, 4) is 0 Å². The van der Waals surface area contributed by atoms with Crippen molar-refractivity contribution in [1.82, 2.24) is 4.98 Å². The lowest BCUT2D eigenvalue weighted by Crippen LogP contribution is -2.44. The Balaban J connectivity index is 2.26. The predicted octanol–water partition coefficient (Wildman–Crippen LogP) is 0.880. The first-order valence-electron chi connectivity index (χ1n) is 5.72. The van der Waals surface area contributed by atoms with Crippen LogP contribution in [0.25, 0.3) is 0 Å². The number of halogens is 3. The van der Waals surface area contributed by atoms with Gasteiger partial charge in [0.05, 0.1) is 24.9 Å². The highest BCUT2D eigenvalue weighted by atomic mass is 19.4. The van der Waals surface area contributed by atoms with Gasteiger partial charge in [-0.1, -0.05) is 0 Å². The summed E-state index contributed by atoms with van der Waals surface area (Å²) in [6.07, 6.45) is -4.89. The molecule has 2 heterocycles. The van der Waals surface area contributed by atoms with Gasteiger partial charge in [-0.3, -0.25) is 0 Å². The largest absolute Gasteiger partial charge is 0.416 e. The van der Waals surface area contributed by atoms with Crippen LogP contribution in [0.3, 0.4) is 0 Å². The first-order chi connectivity index (χ1) is 8.90. The number of hydrogen-bond donors (Lipinski definition) is 2. The summed E-state index contributed by atoms with van der Waals surface area (Å²) in [5.41, 5.74) is 4.58. The summed E-state index contributed by atoms with van der Waals surface area (Å²) in [5, 5.41) is 9.02. The molecule has 1 aliphatic rings. The standard InChI is InChI=1S/C11H14F3N3O2/c12-11(13,14)7-3-9(15)16-10(4-7)17-1-2-19-8(5-17)6-18/h3-4,8,18H,1-2,5-6H2,(H2,15,16). The third kappa shape index (κ3) is 3.27. The van der Waals surface area contributed by atoms with Crippen molar-refractivity contribution in [2.45, 2.75) is 12.3 Å². The normalized spacial score (nSPS) is 20.6. The number of ether oxygens (including phenoxy) is 1. The van der Waals surface area contributed by atoms with E-state index in [2.05, 4.69) is 4.98 Å². The van der Waals surface area contributed by atoms with Crippen LogP contribution in [0, 0.1) is 0 Å². The molecule has 0 saturated carbocycles. The Morgan fingerprint density at radius 2 is 2.21 bits per heavy atom. The van der Waals surface area contributed by atoms with Gasteiger partial charge >= 0.3 is 6.18 Å². The minimum Gasteiger partial charge on any atom is -0.394 e. The van der Waals surface area contributed by atoms with Gasteiger partial charge in [-0.25, -0.2) is 4.98 Å². The number of nitrogen functional groups attached to an aromatic ring is 1. The van der Waals surface area contributed by atoms with Crippen LogP contribution in [0.5, 0.6) is 0 Å². The molecule has 1 aromatic heterocycles. The van der Waals surface area contributed by atoms with Crippen molar-refractivity contribution in [1.29, 1.82) is 0 Å². The number of aromatic nitrogens is 1. The number of aliphatic hydroxyl groups is 1. The molecule has 0 radical (unpaired) electrons. The molecule has 1 saturated heterocycles. The molecule has 5 nitrogen and oxygen atoms in total. The molecule has 3 N–H and O–H groups in total. The highest BCUT2D eigenvalue weighted by Gasteiger charge is 2.32. The second-order valence-corrected chi connectivity index (χ2v) is 4.26. The van der Waals surface area contributed by atoms with Crippen molar-refractivity contribution >= 4 is 11.6 Å². The fourth-order valence-electron chi connectivity index (χ4n) is 1.90. The fraction of sp³-hybridized carbons (Fsp3) is 0.545. The molecule has 19 heavy (non-hydrogen) atoms. The molecule has 0 aromatic carbocycles. The van der Waals surface area contributed by atoms with E-state index in [-0.39, 0.29) is 24.8 Å². The monoisotopic (exact) mass is 277 g/mol. The van der Waals surface area contributed by atoms with Gasteiger partial charge in [0.2, 0.25) is 0 Å². The summed E-state index contributed by atoms with van der Waals surface area (Å²) >= 11 is 0. The number of pyridine rings is 1. The molecule has 1 atom stereocenters. The maximum atomic E-state index is 12.7. The van der Waals surface area contributed by atoms with Gasteiger partial charge < -0.3 is 20.5 Å².